The largest absolute Gasteiger partial charge is 0.486 e. The number of hydrogen-bond donors (Lipinski definition) is 1. The zero-order chi connectivity index (χ0) is 15.6. The van der Waals surface area contributed by atoms with E-state index in [-0.39, 0.29) is 17.2 Å². The standard InChI is InChI=1S/C14H8BrCl3O3/c15-9-4-8(14(19)20)5-12(18)13(9)21-6-7-1-2-10(16)11(17)3-7/h1-5H,6H2,(H,19,20). The van der Waals surface area contributed by atoms with E-state index in [1.165, 1.54) is 12.1 Å². The quantitative estimate of drug-likeness (QED) is 0.705. The van der Waals surface area contributed by atoms with Crippen molar-refractivity contribution in [2.45, 2.75) is 6.61 Å². The van der Waals surface area contributed by atoms with Crippen LogP contribution in [0.1, 0.15) is 15.9 Å². The highest BCUT2D eigenvalue weighted by atomic mass is 79.9. The van der Waals surface area contributed by atoms with E-state index < -0.39 is 5.97 Å². The average molecular weight is 410 g/mol. The van der Waals surface area contributed by atoms with Gasteiger partial charge in [-0.05, 0) is 45.8 Å². The molecule has 0 aliphatic heterocycles. The highest BCUT2D eigenvalue weighted by molar-refractivity contribution is 9.10. The van der Waals surface area contributed by atoms with Crippen LogP contribution in [0.3, 0.4) is 0 Å². The normalized spacial score (nSPS) is 10.5. The van der Waals surface area contributed by atoms with E-state index in [4.69, 9.17) is 44.6 Å². The minimum atomic E-state index is -1.06. The summed E-state index contributed by atoms with van der Waals surface area (Å²) in [5.74, 6) is -0.693. The maximum atomic E-state index is 10.9. The summed E-state index contributed by atoms with van der Waals surface area (Å²) in [4.78, 5) is 10.9. The summed E-state index contributed by atoms with van der Waals surface area (Å²) >= 11 is 21.0. The van der Waals surface area contributed by atoms with Gasteiger partial charge in [-0.3, -0.25) is 0 Å². The second-order valence-electron chi connectivity index (χ2n) is 4.11. The molecule has 0 aromatic heterocycles. The minimum absolute atomic E-state index is 0.0776. The van der Waals surface area contributed by atoms with Crippen LogP contribution >= 0.6 is 50.7 Å². The van der Waals surface area contributed by atoms with Gasteiger partial charge in [-0.2, -0.15) is 0 Å². The van der Waals surface area contributed by atoms with Crippen LogP contribution in [-0.2, 0) is 6.61 Å². The van der Waals surface area contributed by atoms with Crippen LogP contribution in [0.2, 0.25) is 15.1 Å². The second kappa shape index (κ2) is 6.88. The van der Waals surface area contributed by atoms with Gasteiger partial charge in [0.05, 0.1) is 25.1 Å². The highest BCUT2D eigenvalue weighted by Gasteiger charge is 2.13. The third kappa shape index (κ3) is 4.04. The molecule has 0 saturated heterocycles. The van der Waals surface area contributed by atoms with Gasteiger partial charge >= 0.3 is 5.97 Å². The van der Waals surface area contributed by atoms with Gasteiger partial charge in [0.25, 0.3) is 0 Å². The summed E-state index contributed by atoms with van der Waals surface area (Å²) < 4.78 is 6.07. The SMILES string of the molecule is O=C(O)c1cc(Cl)c(OCc2ccc(Cl)c(Cl)c2)c(Br)c1. The van der Waals surface area contributed by atoms with Gasteiger partial charge in [0.1, 0.15) is 6.61 Å². The van der Waals surface area contributed by atoms with E-state index in [0.29, 0.717) is 20.3 Å². The van der Waals surface area contributed by atoms with Crippen molar-refractivity contribution in [2.75, 3.05) is 0 Å². The van der Waals surface area contributed by atoms with Gasteiger partial charge in [-0.15, -0.1) is 0 Å². The van der Waals surface area contributed by atoms with Gasteiger partial charge < -0.3 is 9.84 Å². The van der Waals surface area contributed by atoms with E-state index in [0.717, 1.165) is 5.56 Å². The molecule has 1 N–H and O–H groups in total. The molecular formula is C14H8BrCl3O3. The third-order valence-electron chi connectivity index (χ3n) is 2.61. The van der Waals surface area contributed by atoms with Crippen LogP contribution in [-0.4, -0.2) is 11.1 Å². The number of ether oxygens (including phenoxy) is 1. The molecule has 2 aromatic carbocycles. The lowest BCUT2D eigenvalue weighted by atomic mass is 10.2. The van der Waals surface area contributed by atoms with Crippen LogP contribution in [0.15, 0.2) is 34.8 Å². The number of carboxylic acids is 1. The number of aromatic carboxylic acids is 1. The molecule has 0 fully saturated rings. The first-order valence-electron chi connectivity index (χ1n) is 5.67. The molecule has 110 valence electrons. The van der Waals surface area contributed by atoms with Crippen LogP contribution in [0.4, 0.5) is 0 Å². The van der Waals surface area contributed by atoms with Gasteiger partial charge in [-0.1, -0.05) is 40.9 Å². The van der Waals surface area contributed by atoms with E-state index in [9.17, 15) is 4.79 Å². The topological polar surface area (TPSA) is 46.5 Å². The molecule has 3 nitrogen and oxygen atoms in total. The molecule has 0 atom stereocenters. The Hall–Kier alpha value is -0.940. The minimum Gasteiger partial charge on any atom is -0.486 e. The van der Waals surface area contributed by atoms with E-state index in [2.05, 4.69) is 15.9 Å². The summed E-state index contributed by atoms with van der Waals surface area (Å²) in [6, 6.07) is 7.91. The smallest absolute Gasteiger partial charge is 0.335 e. The van der Waals surface area contributed by atoms with Gasteiger partial charge in [0, 0.05) is 0 Å². The van der Waals surface area contributed by atoms with Crippen molar-refractivity contribution in [1.82, 2.24) is 0 Å². The number of halogens is 4. The Kier molecular flexibility index (Phi) is 5.38. The lowest BCUT2D eigenvalue weighted by Crippen LogP contribution is -2.00. The zero-order valence-corrected chi connectivity index (χ0v) is 14.2. The molecule has 0 spiro atoms. The molecular weight excluding hydrogens is 402 g/mol. The van der Waals surface area contributed by atoms with Crippen LogP contribution in [0.5, 0.6) is 5.75 Å². The molecule has 2 rings (SSSR count). The number of benzene rings is 2. The van der Waals surface area contributed by atoms with Crippen molar-refractivity contribution in [3.8, 4) is 5.75 Å². The Labute approximate surface area is 144 Å². The number of hydrogen-bond acceptors (Lipinski definition) is 2. The molecule has 0 radical (unpaired) electrons. The summed E-state index contributed by atoms with van der Waals surface area (Å²) in [6.45, 7) is 0.224. The predicted octanol–water partition coefficient (Wildman–Crippen LogP) is 5.69. The van der Waals surface area contributed by atoms with Crippen molar-refractivity contribution in [3.05, 3.63) is 61.0 Å². The first-order valence-corrected chi connectivity index (χ1v) is 7.60. The summed E-state index contributed by atoms with van der Waals surface area (Å²) in [6.07, 6.45) is 0. The fourth-order valence-electron chi connectivity index (χ4n) is 1.61. The predicted molar refractivity (Wildman–Crippen MR) is 86.9 cm³/mol. The van der Waals surface area contributed by atoms with Crippen LogP contribution < -0.4 is 4.74 Å². The molecule has 2 aromatic rings. The Morgan fingerprint density at radius 2 is 1.81 bits per heavy atom. The summed E-state index contributed by atoms with van der Waals surface area (Å²) in [5.41, 5.74) is 0.892. The Balaban J connectivity index is 2.20. The summed E-state index contributed by atoms with van der Waals surface area (Å²) in [7, 11) is 0. The molecule has 21 heavy (non-hydrogen) atoms. The van der Waals surface area contributed by atoms with Crippen molar-refractivity contribution in [2.24, 2.45) is 0 Å². The maximum absolute atomic E-state index is 10.9. The van der Waals surface area contributed by atoms with Gasteiger partial charge in [-0.25, -0.2) is 4.79 Å². The molecule has 0 amide bonds. The lowest BCUT2D eigenvalue weighted by Gasteiger charge is -2.11. The number of carbonyl (C=O) groups is 1. The molecule has 7 heteroatoms. The Morgan fingerprint density at radius 1 is 1.10 bits per heavy atom. The zero-order valence-electron chi connectivity index (χ0n) is 10.4. The monoisotopic (exact) mass is 408 g/mol. The van der Waals surface area contributed by atoms with E-state index in [1.807, 2.05) is 0 Å². The third-order valence-corrected chi connectivity index (χ3v) is 4.22. The number of carboxylic acid groups (broad SMARTS) is 1. The highest BCUT2D eigenvalue weighted by Crippen LogP contribution is 2.35. The molecule has 0 bridgehead atoms. The molecule has 0 saturated carbocycles. The second-order valence-corrected chi connectivity index (χ2v) is 6.19. The Bertz CT molecular complexity index is 681. The fourth-order valence-corrected chi connectivity index (χ4v) is 2.89. The fraction of sp³-hybridized carbons (Fsp3) is 0.0714. The first kappa shape index (κ1) is 16.4. The van der Waals surface area contributed by atoms with Crippen LogP contribution in [0.25, 0.3) is 0 Å². The van der Waals surface area contributed by atoms with Crippen molar-refractivity contribution < 1.29 is 14.6 Å². The van der Waals surface area contributed by atoms with Crippen molar-refractivity contribution in [3.63, 3.8) is 0 Å². The molecule has 0 aliphatic carbocycles. The summed E-state index contributed by atoms with van der Waals surface area (Å²) in [5, 5.41) is 10.0. The van der Waals surface area contributed by atoms with Gasteiger partial charge in [0.15, 0.2) is 5.75 Å². The number of rotatable bonds is 4. The average Bonchev–Trinajstić information content (AvgIpc) is 2.41. The van der Waals surface area contributed by atoms with E-state index in [1.54, 1.807) is 18.2 Å². The molecule has 0 aliphatic rings. The van der Waals surface area contributed by atoms with E-state index >= 15 is 0 Å². The Morgan fingerprint density at radius 3 is 2.38 bits per heavy atom. The molecule has 0 heterocycles. The van der Waals surface area contributed by atoms with Crippen LogP contribution in [0, 0.1) is 0 Å². The lowest BCUT2D eigenvalue weighted by molar-refractivity contribution is 0.0696. The van der Waals surface area contributed by atoms with Crippen molar-refractivity contribution >= 4 is 56.7 Å². The first-order chi connectivity index (χ1) is 9.88. The van der Waals surface area contributed by atoms with Gasteiger partial charge in [0.2, 0.25) is 0 Å². The van der Waals surface area contributed by atoms with Crippen molar-refractivity contribution in [1.29, 1.82) is 0 Å². The molecule has 0 unspecified atom stereocenters. The maximum Gasteiger partial charge on any atom is 0.335 e.